The van der Waals surface area contributed by atoms with Crippen LogP contribution in [0.3, 0.4) is 0 Å². The van der Waals surface area contributed by atoms with E-state index in [0.29, 0.717) is 11.3 Å². The van der Waals surface area contributed by atoms with Crippen LogP contribution in [0, 0.1) is 12.3 Å². The quantitative estimate of drug-likeness (QED) is 0.853. The molecule has 0 atom stereocenters. The largest absolute Gasteiger partial charge is 0.496 e. The smallest absolute Gasteiger partial charge is 0.256 e. The number of aromatic amines is 1. The standard InChI is InChI=1S/C13H20N2O3/c1-8-6-10(18-5)9(11(16)15-8)7-14-12(17)13(2,3)4/h6H,7H2,1-5H3,(H,14,17)(H,15,16). The van der Waals surface area contributed by atoms with E-state index >= 15 is 0 Å². The van der Waals surface area contributed by atoms with E-state index < -0.39 is 5.41 Å². The molecule has 0 bridgehead atoms. The number of nitrogens with one attached hydrogen (secondary N) is 2. The third-order valence-electron chi connectivity index (χ3n) is 2.56. The molecule has 0 fully saturated rings. The highest BCUT2D eigenvalue weighted by atomic mass is 16.5. The Morgan fingerprint density at radius 2 is 2.06 bits per heavy atom. The van der Waals surface area contributed by atoms with Crippen molar-refractivity contribution in [3.05, 3.63) is 27.7 Å². The predicted molar refractivity (Wildman–Crippen MR) is 69.7 cm³/mol. The van der Waals surface area contributed by atoms with Gasteiger partial charge in [-0.2, -0.15) is 0 Å². The summed E-state index contributed by atoms with van der Waals surface area (Å²) in [6.45, 7) is 7.40. The average molecular weight is 252 g/mol. The van der Waals surface area contributed by atoms with E-state index in [2.05, 4.69) is 10.3 Å². The topological polar surface area (TPSA) is 71.2 Å². The zero-order chi connectivity index (χ0) is 13.9. The number of methoxy groups -OCH3 is 1. The maximum absolute atomic E-state index is 11.8. The fraction of sp³-hybridized carbons (Fsp3) is 0.538. The molecule has 1 amide bonds. The molecular weight excluding hydrogens is 232 g/mol. The molecule has 0 aliphatic carbocycles. The van der Waals surface area contributed by atoms with Crippen LogP contribution < -0.4 is 15.6 Å². The second-order valence-electron chi connectivity index (χ2n) is 5.26. The zero-order valence-corrected chi connectivity index (χ0v) is 11.5. The van der Waals surface area contributed by atoms with E-state index in [-0.39, 0.29) is 18.0 Å². The third-order valence-corrected chi connectivity index (χ3v) is 2.56. The number of carbonyl (C=O) groups excluding carboxylic acids is 1. The molecule has 0 aliphatic rings. The van der Waals surface area contributed by atoms with Gasteiger partial charge in [-0.05, 0) is 13.0 Å². The molecule has 1 heterocycles. The van der Waals surface area contributed by atoms with E-state index in [4.69, 9.17) is 4.74 Å². The molecule has 0 unspecified atom stereocenters. The lowest BCUT2D eigenvalue weighted by Gasteiger charge is -2.18. The van der Waals surface area contributed by atoms with Gasteiger partial charge in [0.2, 0.25) is 5.91 Å². The Labute approximate surface area is 107 Å². The van der Waals surface area contributed by atoms with Gasteiger partial charge in [-0.1, -0.05) is 20.8 Å². The van der Waals surface area contributed by atoms with Gasteiger partial charge in [-0.15, -0.1) is 0 Å². The first kappa shape index (κ1) is 14.3. The molecule has 0 spiro atoms. The molecule has 0 aromatic carbocycles. The Morgan fingerprint density at radius 1 is 1.44 bits per heavy atom. The molecule has 1 aromatic rings. The highest BCUT2D eigenvalue weighted by Crippen LogP contribution is 2.16. The molecular formula is C13H20N2O3. The number of aromatic nitrogens is 1. The van der Waals surface area contributed by atoms with Crippen molar-refractivity contribution in [1.29, 1.82) is 0 Å². The van der Waals surface area contributed by atoms with E-state index in [1.54, 1.807) is 13.0 Å². The van der Waals surface area contributed by atoms with Crippen molar-refractivity contribution >= 4 is 5.91 Å². The second kappa shape index (κ2) is 5.25. The Hall–Kier alpha value is -1.78. The van der Waals surface area contributed by atoms with Crippen molar-refractivity contribution in [3.63, 3.8) is 0 Å². The van der Waals surface area contributed by atoms with Crippen molar-refractivity contribution in [2.75, 3.05) is 7.11 Å². The van der Waals surface area contributed by atoms with Crippen molar-refractivity contribution in [2.45, 2.75) is 34.2 Å². The Balaban J connectivity index is 2.92. The van der Waals surface area contributed by atoms with Gasteiger partial charge < -0.3 is 15.0 Å². The maximum Gasteiger partial charge on any atom is 0.256 e. The summed E-state index contributed by atoms with van der Waals surface area (Å²) in [7, 11) is 1.50. The van der Waals surface area contributed by atoms with E-state index in [1.165, 1.54) is 7.11 Å². The number of rotatable bonds is 3. The maximum atomic E-state index is 11.8. The van der Waals surface area contributed by atoms with Crippen LogP contribution in [0.5, 0.6) is 5.75 Å². The summed E-state index contributed by atoms with van der Waals surface area (Å²) in [6.07, 6.45) is 0. The number of pyridine rings is 1. The number of ether oxygens (including phenoxy) is 1. The minimum atomic E-state index is -0.481. The predicted octanol–water partition coefficient (Wildman–Crippen LogP) is 1.35. The number of H-pyrrole nitrogens is 1. The summed E-state index contributed by atoms with van der Waals surface area (Å²) in [5, 5.41) is 2.73. The number of hydrogen-bond acceptors (Lipinski definition) is 3. The fourth-order valence-electron chi connectivity index (χ4n) is 1.47. The highest BCUT2D eigenvalue weighted by molar-refractivity contribution is 5.81. The number of hydrogen-bond donors (Lipinski definition) is 2. The van der Waals surface area contributed by atoms with Crippen LogP contribution in [0.2, 0.25) is 0 Å². The van der Waals surface area contributed by atoms with Gasteiger partial charge in [0.05, 0.1) is 19.2 Å². The van der Waals surface area contributed by atoms with Gasteiger partial charge in [-0.3, -0.25) is 9.59 Å². The molecule has 18 heavy (non-hydrogen) atoms. The van der Waals surface area contributed by atoms with Crippen LogP contribution in [-0.2, 0) is 11.3 Å². The summed E-state index contributed by atoms with van der Waals surface area (Å²) in [5.41, 5.74) is 0.439. The Bertz CT molecular complexity index is 498. The Kier molecular flexibility index (Phi) is 4.16. The highest BCUT2D eigenvalue weighted by Gasteiger charge is 2.21. The lowest BCUT2D eigenvalue weighted by Crippen LogP contribution is -2.35. The summed E-state index contributed by atoms with van der Waals surface area (Å²) in [4.78, 5) is 26.2. The van der Waals surface area contributed by atoms with Crippen LogP contribution in [0.25, 0.3) is 0 Å². The fourth-order valence-corrected chi connectivity index (χ4v) is 1.47. The van der Waals surface area contributed by atoms with E-state index in [9.17, 15) is 9.59 Å². The first-order chi connectivity index (χ1) is 8.25. The molecule has 2 N–H and O–H groups in total. The van der Waals surface area contributed by atoms with Crippen molar-refractivity contribution < 1.29 is 9.53 Å². The number of amides is 1. The lowest BCUT2D eigenvalue weighted by molar-refractivity contribution is -0.128. The number of carbonyl (C=O) groups is 1. The summed E-state index contributed by atoms with van der Waals surface area (Å²) in [5.74, 6) is 0.384. The van der Waals surface area contributed by atoms with Crippen LogP contribution in [0.4, 0.5) is 0 Å². The van der Waals surface area contributed by atoms with Gasteiger partial charge in [0.15, 0.2) is 0 Å². The molecule has 0 saturated heterocycles. The summed E-state index contributed by atoms with van der Waals surface area (Å²) in [6, 6.07) is 1.74. The summed E-state index contributed by atoms with van der Waals surface area (Å²) >= 11 is 0. The second-order valence-corrected chi connectivity index (χ2v) is 5.26. The van der Waals surface area contributed by atoms with Crippen LogP contribution in [0.15, 0.2) is 10.9 Å². The van der Waals surface area contributed by atoms with Gasteiger partial charge in [-0.25, -0.2) is 0 Å². The van der Waals surface area contributed by atoms with Crippen LogP contribution in [0.1, 0.15) is 32.0 Å². The van der Waals surface area contributed by atoms with E-state index in [1.807, 2.05) is 20.8 Å². The normalized spacial score (nSPS) is 11.2. The van der Waals surface area contributed by atoms with Crippen molar-refractivity contribution in [3.8, 4) is 5.75 Å². The van der Waals surface area contributed by atoms with Gasteiger partial charge in [0, 0.05) is 11.1 Å². The third kappa shape index (κ3) is 3.35. The SMILES string of the molecule is COc1cc(C)[nH]c(=O)c1CNC(=O)C(C)(C)C. The molecule has 0 radical (unpaired) electrons. The zero-order valence-electron chi connectivity index (χ0n) is 11.5. The van der Waals surface area contributed by atoms with E-state index in [0.717, 1.165) is 5.69 Å². The molecule has 0 saturated carbocycles. The van der Waals surface area contributed by atoms with Crippen molar-refractivity contribution in [2.24, 2.45) is 5.41 Å². The van der Waals surface area contributed by atoms with Crippen LogP contribution >= 0.6 is 0 Å². The average Bonchev–Trinajstić information content (AvgIpc) is 2.25. The monoisotopic (exact) mass is 252 g/mol. The van der Waals surface area contributed by atoms with Gasteiger partial charge >= 0.3 is 0 Å². The molecule has 5 heteroatoms. The van der Waals surface area contributed by atoms with Crippen LogP contribution in [-0.4, -0.2) is 18.0 Å². The number of aryl methyl sites for hydroxylation is 1. The lowest BCUT2D eigenvalue weighted by atomic mass is 9.95. The molecule has 1 rings (SSSR count). The van der Waals surface area contributed by atoms with Gasteiger partial charge in [0.25, 0.3) is 5.56 Å². The molecule has 100 valence electrons. The molecule has 5 nitrogen and oxygen atoms in total. The minimum absolute atomic E-state index is 0.107. The first-order valence-corrected chi connectivity index (χ1v) is 5.81. The van der Waals surface area contributed by atoms with Crippen molar-refractivity contribution in [1.82, 2.24) is 10.3 Å². The molecule has 1 aromatic heterocycles. The minimum Gasteiger partial charge on any atom is -0.496 e. The first-order valence-electron chi connectivity index (χ1n) is 5.81. The molecule has 0 aliphatic heterocycles. The van der Waals surface area contributed by atoms with Gasteiger partial charge in [0.1, 0.15) is 5.75 Å². The Morgan fingerprint density at radius 3 is 2.56 bits per heavy atom. The summed E-state index contributed by atoms with van der Waals surface area (Å²) < 4.78 is 5.15.